The number of pyridine rings is 3. The Hall–Kier alpha value is -8.42. The maximum Gasteiger partial charge on any atom is 0.356 e. The van der Waals surface area contributed by atoms with E-state index in [0.29, 0.717) is 53.0 Å². The number of esters is 1. The first kappa shape index (κ1) is 44.4. The molecule has 1 unspecified atom stereocenters. The molecular formula is C49H48FN13O6. The van der Waals surface area contributed by atoms with Crippen molar-refractivity contribution in [1.82, 2.24) is 58.4 Å². The number of carbonyl (C=O) groups excluding carboxylic acids is 2. The highest BCUT2D eigenvalue weighted by Crippen LogP contribution is 2.41. The monoisotopic (exact) mass is 934 g/mol. The molecule has 19 nitrogen and oxygen atoms in total. The van der Waals surface area contributed by atoms with Crippen LogP contribution in [0.25, 0.3) is 28.5 Å². The van der Waals surface area contributed by atoms with Crippen LogP contribution in [-0.4, -0.2) is 102 Å². The Labute approximate surface area is 396 Å². The van der Waals surface area contributed by atoms with E-state index in [4.69, 9.17) is 11.2 Å². The van der Waals surface area contributed by atoms with Gasteiger partial charge < -0.3 is 38.2 Å². The molecule has 1 atom stereocenters. The zero-order chi connectivity index (χ0) is 48.7. The molecule has 20 heteroatoms. The number of nitrogens with one attached hydrogen (secondary N) is 1. The number of nitrogens with zero attached hydrogens (tertiary/aromatic N) is 12. The van der Waals surface area contributed by atoms with Crippen LogP contribution in [0.3, 0.4) is 0 Å². The minimum Gasteiger partial charge on any atom is -0.488 e. The molecule has 8 heterocycles. The van der Waals surface area contributed by atoms with E-state index < -0.39 is 19.1 Å². The second-order valence-electron chi connectivity index (χ2n) is 16.8. The van der Waals surface area contributed by atoms with E-state index in [2.05, 4.69) is 50.2 Å². The van der Waals surface area contributed by atoms with Crippen molar-refractivity contribution in [3.63, 3.8) is 0 Å². The maximum atomic E-state index is 13.1. The molecule has 2 N–H and O–H groups in total. The summed E-state index contributed by atoms with van der Waals surface area (Å²) in [6.45, 7) is 2.49. The summed E-state index contributed by atoms with van der Waals surface area (Å²) in [6.07, 6.45) is 24.9. The van der Waals surface area contributed by atoms with Gasteiger partial charge in [-0.15, -0.1) is 10.2 Å². The Morgan fingerprint density at radius 3 is 1.72 bits per heavy atom. The van der Waals surface area contributed by atoms with Gasteiger partial charge in [0.05, 0.1) is 86.1 Å². The Balaban J connectivity index is 0.000000136. The summed E-state index contributed by atoms with van der Waals surface area (Å²) >= 11 is 0. The molecule has 3 saturated carbocycles. The zero-order valence-corrected chi connectivity index (χ0v) is 37.7. The van der Waals surface area contributed by atoms with Crippen molar-refractivity contribution in [1.29, 1.82) is 0 Å². The van der Waals surface area contributed by atoms with Crippen LogP contribution < -0.4 is 10.1 Å². The van der Waals surface area contributed by atoms with Crippen molar-refractivity contribution < 1.29 is 34.7 Å². The molecule has 352 valence electrons. The van der Waals surface area contributed by atoms with Crippen molar-refractivity contribution in [2.24, 2.45) is 0 Å². The van der Waals surface area contributed by atoms with Gasteiger partial charge in [-0.05, 0) is 94.0 Å². The lowest BCUT2D eigenvalue weighted by atomic mass is 10.1. The van der Waals surface area contributed by atoms with Crippen molar-refractivity contribution >= 4 is 23.5 Å². The molecule has 1 amide bonds. The van der Waals surface area contributed by atoms with E-state index in [0.717, 1.165) is 39.7 Å². The number of alkyl halides is 1. The number of hydrogen-bond acceptors (Lipinski definition) is 13. The van der Waals surface area contributed by atoms with Gasteiger partial charge >= 0.3 is 11.9 Å². The number of amides is 1. The number of aromatic nitrogens is 12. The number of imidazole rings is 3. The summed E-state index contributed by atoms with van der Waals surface area (Å²) in [5.74, 6) is 1.32. The summed E-state index contributed by atoms with van der Waals surface area (Å²) in [5, 5.41) is 20.1. The molecule has 4 aliphatic rings. The number of fused-ring (bicyclic) bond motifs is 3. The van der Waals surface area contributed by atoms with Gasteiger partial charge in [0.1, 0.15) is 30.0 Å². The van der Waals surface area contributed by atoms with Gasteiger partial charge in [0.2, 0.25) is 0 Å². The largest absolute Gasteiger partial charge is 0.488 e. The van der Waals surface area contributed by atoms with Gasteiger partial charge in [-0.25, -0.2) is 34.5 Å². The standard InChI is InChI=1S/C23H21N7O2.C13H13N3O2.C12H11N3O2.CH3F/c1-14-11-32-21-17(22-28-26-13-30(14)22)3-2-4-18(21)27-23(31)19-9-16(7-8-24-19)29-10-20(25-12-29)15-5-6-15;1-18-13(17)11-6-10(4-5-14-11)16-7-12(15-8-16)9-2-3-9;16-12(17)10-5-9(3-4-13-10)15-6-11(14-7-15)8-1-2-8;1-2/h2-4,7-10,12-15H,5-6,11H2,1H3,(H,27,31);4-9H,2-3H2,1H3;3-8H,1-2H2,(H,16,17);1H3/i;;;1D. The van der Waals surface area contributed by atoms with E-state index in [1.807, 2.05) is 74.1 Å². The fourth-order valence-corrected chi connectivity index (χ4v) is 7.60. The molecule has 0 saturated heterocycles. The van der Waals surface area contributed by atoms with Crippen LogP contribution in [0.5, 0.6) is 5.75 Å². The number of anilines is 1. The Bertz CT molecular complexity index is 3140. The zero-order valence-electron chi connectivity index (χ0n) is 38.7. The number of ether oxygens (including phenoxy) is 2. The molecular weight excluding hydrogens is 886 g/mol. The summed E-state index contributed by atoms with van der Waals surface area (Å²) < 4.78 is 33.9. The van der Waals surface area contributed by atoms with Crippen LogP contribution in [0.4, 0.5) is 10.1 Å². The minimum atomic E-state index is -1.02. The Morgan fingerprint density at radius 1 is 0.725 bits per heavy atom. The molecule has 0 radical (unpaired) electrons. The van der Waals surface area contributed by atoms with Gasteiger partial charge in [0.25, 0.3) is 5.91 Å². The van der Waals surface area contributed by atoms with Gasteiger partial charge in [0, 0.05) is 54.9 Å². The van der Waals surface area contributed by atoms with Crippen molar-refractivity contribution in [3.05, 3.63) is 151 Å². The smallest absolute Gasteiger partial charge is 0.356 e. The number of rotatable bonds is 10. The lowest BCUT2D eigenvalue weighted by Crippen LogP contribution is -2.16. The average Bonchev–Trinajstić information content (AvgIpc) is 4.37. The van der Waals surface area contributed by atoms with Crippen molar-refractivity contribution in [2.75, 3.05) is 26.2 Å². The molecule has 7 aromatic heterocycles. The molecule has 8 aromatic rings. The number of hydrogen-bond donors (Lipinski definition) is 2. The van der Waals surface area contributed by atoms with E-state index >= 15 is 0 Å². The van der Waals surface area contributed by atoms with Gasteiger partial charge in [-0.1, -0.05) is 6.07 Å². The van der Waals surface area contributed by atoms with Crippen LogP contribution in [0.2, 0.25) is 0 Å². The Kier molecular flexibility index (Phi) is 13.0. The quantitative estimate of drug-likeness (QED) is 0.124. The van der Waals surface area contributed by atoms with E-state index in [9.17, 15) is 18.8 Å². The molecule has 0 bridgehead atoms. The topological polar surface area (TPSA) is 225 Å². The Morgan fingerprint density at radius 2 is 1.22 bits per heavy atom. The van der Waals surface area contributed by atoms with Crippen LogP contribution in [0, 0.1) is 0 Å². The first-order valence-corrected chi connectivity index (χ1v) is 22.3. The fraction of sp³-hybridized carbons (Fsp3) is 0.286. The summed E-state index contributed by atoms with van der Waals surface area (Å²) in [7, 11) is 0.346. The van der Waals surface area contributed by atoms with Gasteiger partial charge in [0.15, 0.2) is 11.6 Å². The first-order valence-electron chi connectivity index (χ1n) is 23.0. The van der Waals surface area contributed by atoms with E-state index in [1.165, 1.54) is 51.8 Å². The lowest BCUT2D eigenvalue weighted by molar-refractivity contribution is 0.0593. The minimum absolute atomic E-state index is 0.0455. The summed E-state index contributed by atoms with van der Waals surface area (Å²) in [6, 6.07) is 16.1. The van der Waals surface area contributed by atoms with E-state index in [1.54, 1.807) is 62.0 Å². The molecule has 12 rings (SSSR count). The maximum absolute atomic E-state index is 13.1. The van der Waals surface area contributed by atoms with Crippen LogP contribution in [0.1, 0.15) is 119 Å². The third-order valence-corrected chi connectivity index (χ3v) is 11.8. The molecule has 0 spiro atoms. The van der Waals surface area contributed by atoms with E-state index in [-0.39, 0.29) is 17.6 Å². The highest BCUT2D eigenvalue weighted by Gasteiger charge is 2.28. The normalized spacial score (nSPS) is 15.6. The number of para-hydroxylation sites is 1. The van der Waals surface area contributed by atoms with Crippen LogP contribution >= 0.6 is 0 Å². The number of aromatic carboxylic acids is 1. The molecule has 3 fully saturated rings. The third-order valence-electron chi connectivity index (χ3n) is 11.8. The second-order valence-corrected chi connectivity index (χ2v) is 16.8. The van der Waals surface area contributed by atoms with Gasteiger partial charge in [-0.3, -0.25) is 14.2 Å². The van der Waals surface area contributed by atoms with Crippen LogP contribution in [0.15, 0.2) is 117 Å². The molecule has 69 heavy (non-hydrogen) atoms. The predicted molar refractivity (Wildman–Crippen MR) is 249 cm³/mol. The number of carboxylic acids is 1. The number of methoxy groups -OCH3 is 1. The third kappa shape index (κ3) is 10.6. The number of halogens is 1. The van der Waals surface area contributed by atoms with Crippen LogP contribution in [-0.2, 0) is 4.74 Å². The lowest BCUT2D eigenvalue weighted by Gasteiger charge is -2.14. The van der Waals surface area contributed by atoms with Crippen molar-refractivity contribution in [3.8, 4) is 34.2 Å². The molecule has 1 aliphatic heterocycles. The summed E-state index contributed by atoms with van der Waals surface area (Å²) in [5.41, 5.74) is 7.80. The fourth-order valence-electron chi connectivity index (χ4n) is 7.60. The number of carbonyl (C=O) groups is 3. The highest BCUT2D eigenvalue weighted by molar-refractivity contribution is 6.04. The predicted octanol–water partition coefficient (Wildman–Crippen LogP) is 7.97. The second kappa shape index (κ2) is 20.2. The number of benzene rings is 1. The number of carboxylic acid groups (broad SMARTS) is 1. The first-order chi connectivity index (χ1) is 34.1. The van der Waals surface area contributed by atoms with Gasteiger partial charge in [-0.2, -0.15) is 0 Å². The molecule has 3 aliphatic carbocycles. The summed E-state index contributed by atoms with van der Waals surface area (Å²) in [4.78, 5) is 60.5. The average molecular weight is 935 g/mol. The SMILES string of the molecule is CC1COc2c(NC(=O)c3cc(-n4cnc(C5CC5)c4)ccn3)cccc2-c2nncn21.COC(=O)c1cc(-n2cnc(C3CC3)c2)ccn1.O=C(O)c1cc(-n2cnc(C3CC3)c2)ccn1.[2H]CF. The van der Waals surface area contributed by atoms with Crippen molar-refractivity contribution in [2.45, 2.75) is 69.2 Å². The molecule has 1 aromatic carbocycles. The highest BCUT2D eigenvalue weighted by atomic mass is 19.1.